The smallest absolute Gasteiger partial charge is 0.259 e. The van der Waals surface area contributed by atoms with Crippen LogP contribution in [0.25, 0.3) is 10.2 Å². The quantitative estimate of drug-likeness (QED) is 0.445. The summed E-state index contributed by atoms with van der Waals surface area (Å²) in [5, 5.41) is 3.73. The van der Waals surface area contributed by atoms with Gasteiger partial charge in [0.05, 0.1) is 17.2 Å². The molecule has 1 aliphatic rings. The van der Waals surface area contributed by atoms with Crippen LogP contribution in [0.3, 0.4) is 0 Å². The van der Waals surface area contributed by atoms with Crippen LogP contribution in [0.5, 0.6) is 0 Å². The van der Waals surface area contributed by atoms with Crippen molar-refractivity contribution in [2.45, 2.75) is 43.9 Å². The van der Waals surface area contributed by atoms with Crippen molar-refractivity contribution >= 4 is 39.2 Å². The van der Waals surface area contributed by atoms with Crippen molar-refractivity contribution in [1.82, 2.24) is 20.2 Å². The number of carbonyl (C=O) groups excluding carboxylic acids is 1. The minimum atomic E-state index is -0.283. The number of halogens is 1. The Hall–Kier alpha value is -2.23. The lowest BCUT2D eigenvalue weighted by atomic mass is 9.97. The number of nitrogens with one attached hydrogen (secondary N) is 2. The van der Waals surface area contributed by atoms with E-state index in [1.165, 1.54) is 29.0 Å². The summed E-state index contributed by atoms with van der Waals surface area (Å²) >= 11 is 3.23. The molecule has 3 aromatic rings. The van der Waals surface area contributed by atoms with E-state index in [0.29, 0.717) is 30.3 Å². The second-order valence-electron chi connectivity index (χ2n) is 8.54. The van der Waals surface area contributed by atoms with Crippen molar-refractivity contribution in [2.75, 3.05) is 26.4 Å². The van der Waals surface area contributed by atoms with Crippen molar-refractivity contribution in [1.29, 1.82) is 0 Å². The van der Waals surface area contributed by atoms with Gasteiger partial charge in [0.25, 0.3) is 5.56 Å². The van der Waals surface area contributed by atoms with Gasteiger partial charge in [0.2, 0.25) is 5.91 Å². The molecule has 176 valence electrons. The summed E-state index contributed by atoms with van der Waals surface area (Å²) in [6.45, 7) is 0.411. The lowest BCUT2D eigenvalue weighted by Crippen LogP contribution is -2.34. The molecule has 0 aliphatic heterocycles. The van der Waals surface area contributed by atoms with Crippen LogP contribution >= 0.6 is 23.1 Å². The predicted octanol–water partition coefficient (Wildman–Crippen LogP) is 4.04. The Balaban J connectivity index is 1.27. The zero-order valence-electron chi connectivity index (χ0n) is 18.9. The molecule has 1 amide bonds. The fraction of sp³-hybridized carbons (Fsp3) is 0.458. The molecule has 0 bridgehead atoms. The largest absolute Gasteiger partial charge is 0.354 e. The van der Waals surface area contributed by atoms with Crippen molar-refractivity contribution in [3.8, 4) is 0 Å². The maximum atomic E-state index is 13.6. The molecule has 2 N–H and O–H groups in total. The van der Waals surface area contributed by atoms with Gasteiger partial charge in [0.1, 0.15) is 16.5 Å². The summed E-state index contributed by atoms with van der Waals surface area (Å²) in [5.41, 5.74) is 1.98. The van der Waals surface area contributed by atoms with Crippen LogP contribution in [-0.4, -0.2) is 47.2 Å². The van der Waals surface area contributed by atoms with Gasteiger partial charge >= 0.3 is 0 Å². The van der Waals surface area contributed by atoms with Gasteiger partial charge in [0, 0.05) is 23.6 Å². The minimum Gasteiger partial charge on any atom is -0.354 e. The highest BCUT2D eigenvalue weighted by Crippen LogP contribution is 2.33. The number of thioether (sulfide) groups is 1. The number of thiophene rings is 1. The standard InChI is InChI=1S/C24H29FN4O2S2/c1-29(2)18(15-6-5-7-16(25)12-15)13-26-21(30)10-11-32-14-20-27-23(31)22-17-8-3-4-9-19(17)33-24(22)28-20/h5-7,12,18H,3-4,8-11,13-14H2,1-2H3,(H,26,30)(H,27,28,31). The van der Waals surface area contributed by atoms with Gasteiger partial charge in [-0.05, 0) is 63.0 Å². The molecule has 0 spiro atoms. The zero-order chi connectivity index (χ0) is 23.4. The molecule has 0 fully saturated rings. The number of hydrogen-bond donors (Lipinski definition) is 2. The summed E-state index contributed by atoms with van der Waals surface area (Å²) in [5.74, 6) is 1.52. The molecule has 1 unspecified atom stereocenters. The number of aromatic nitrogens is 2. The minimum absolute atomic E-state index is 0.0418. The number of H-pyrrole nitrogens is 1. The number of rotatable bonds is 9. The van der Waals surface area contributed by atoms with Gasteiger partial charge in [-0.3, -0.25) is 9.59 Å². The highest BCUT2D eigenvalue weighted by Gasteiger charge is 2.20. The SMILES string of the molecule is CN(C)C(CNC(=O)CCSCc1nc2sc3c(c2c(=O)[nH]1)CCCC3)c1cccc(F)c1. The second-order valence-corrected chi connectivity index (χ2v) is 10.7. The Labute approximate surface area is 201 Å². The lowest BCUT2D eigenvalue weighted by molar-refractivity contribution is -0.120. The Kier molecular flexibility index (Phi) is 7.82. The number of fused-ring (bicyclic) bond motifs is 3. The molecule has 1 atom stereocenters. The van der Waals surface area contributed by atoms with E-state index in [-0.39, 0.29) is 23.3 Å². The van der Waals surface area contributed by atoms with E-state index in [0.717, 1.165) is 35.0 Å². The molecule has 2 aromatic heterocycles. The Bertz CT molecular complexity index is 1190. The van der Waals surface area contributed by atoms with Crippen molar-refractivity contribution in [3.05, 3.63) is 62.3 Å². The Morgan fingerprint density at radius 3 is 2.94 bits per heavy atom. The van der Waals surface area contributed by atoms with Crippen LogP contribution in [-0.2, 0) is 23.4 Å². The molecule has 0 saturated carbocycles. The van der Waals surface area contributed by atoms with Crippen molar-refractivity contribution in [2.24, 2.45) is 0 Å². The van der Waals surface area contributed by atoms with Crippen molar-refractivity contribution in [3.63, 3.8) is 0 Å². The number of amides is 1. The fourth-order valence-corrected chi connectivity index (χ4v) is 6.31. The average Bonchev–Trinajstić information content (AvgIpc) is 3.15. The van der Waals surface area contributed by atoms with Crippen LogP contribution in [0.2, 0.25) is 0 Å². The van der Waals surface area contributed by atoms with Crippen molar-refractivity contribution < 1.29 is 9.18 Å². The summed E-state index contributed by atoms with van der Waals surface area (Å²) in [6.07, 6.45) is 4.70. The number of aromatic amines is 1. The molecular formula is C24H29FN4O2S2. The first-order chi connectivity index (χ1) is 15.9. The number of hydrogen-bond acceptors (Lipinski definition) is 6. The maximum Gasteiger partial charge on any atom is 0.259 e. The fourth-order valence-electron chi connectivity index (χ4n) is 4.22. The molecular weight excluding hydrogens is 459 g/mol. The highest BCUT2D eigenvalue weighted by molar-refractivity contribution is 7.98. The van der Waals surface area contributed by atoms with E-state index in [4.69, 9.17) is 0 Å². The van der Waals surface area contributed by atoms with Gasteiger partial charge in [-0.25, -0.2) is 9.37 Å². The van der Waals surface area contributed by atoms with E-state index in [2.05, 4.69) is 15.3 Å². The van der Waals surface area contributed by atoms with Crippen LogP contribution in [0.4, 0.5) is 4.39 Å². The molecule has 0 radical (unpaired) electrons. The molecule has 9 heteroatoms. The van der Waals surface area contributed by atoms with E-state index in [1.54, 1.807) is 29.2 Å². The van der Waals surface area contributed by atoms with E-state index in [9.17, 15) is 14.0 Å². The van der Waals surface area contributed by atoms with E-state index in [1.807, 2.05) is 25.1 Å². The topological polar surface area (TPSA) is 78.1 Å². The molecule has 0 saturated heterocycles. The third-order valence-corrected chi connectivity index (χ3v) is 8.09. The van der Waals surface area contributed by atoms with Gasteiger partial charge in [0.15, 0.2) is 0 Å². The Morgan fingerprint density at radius 1 is 1.33 bits per heavy atom. The van der Waals surface area contributed by atoms with Crippen LogP contribution in [0.1, 0.15) is 47.1 Å². The number of aryl methyl sites for hydroxylation is 2. The first-order valence-electron chi connectivity index (χ1n) is 11.2. The molecule has 1 aliphatic carbocycles. The number of carbonyl (C=O) groups is 1. The Morgan fingerprint density at radius 2 is 2.15 bits per heavy atom. The summed E-state index contributed by atoms with van der Waals surface area (Å²) < 4.78 is 13.6. The number of likely N-dealkylation sites (N-methyl/N-ethyl adjacent to an activating group) is 1. The number of nitrogens with zero attached hydrogens (tertiary/aromatic N) is 2. The molecule has 4 rings (SSSR count). The predicted molar refractivity (Wildman–Crippen MR) is 133 cm³/mol. The van der Waals surface area contributed by atoms with Gasteiger partial charge in [-0.2, -0.15) is 11.8 Å². The van der Waals surface area contributed by atoms with Gasteiger partial charge in [-0.1, -0.05) is 12.1 Å². The molecule has 1 aromatic carbocycles. The monoisotopic (exact) mass is 488 g/mol. The summed E-state index contributed by atoms with van der Waals surface area (Å²) in [6, 6.07) is 6.36. The second kappa shape index (κ2) is 10.8. The van der Waals surface area contributed by atoms with E-state index < -0.39 is 0 Å². The normalized spacial score (nSPS) is 14.4. The van der Waals surface area contributed by atoms with E-state index >= 15 is 0 Å². The zero-order valence-corrected chi connectivity index (χ0v) is 20.6. The highest BCUT2D eigenvalue weighted by atomic mass is 32.2. The molecule has 2 heterocycles. The average molecular weight is 489 g/mol. The van der Waals surface area contributed by atoms with Gasteiger partial charge in [-0.15, -0.1) is 11.3 Å². The third-order valence-electron chi connectivity index (χ3n) is 5.94. The molecule has 33 heavy (non-hydrogen) atoms. The maximum absolute atomic E-state index is 13.6. The van der Waals surface area contributed by atoms with Crippen LogP contribution < -0.4 is 10.9 Å². The summed E-state index contributed by atoms with van der Waals surface area (Å²) in [4.78, 5) is 36.7. The first kappa shape index (κ1) is 23.9. The van der Waals surface area contributed by atoms with Gasteiger partial charge < -0.3 is 15.2 Å². The first-order valence-corrected chi connectivity index (χ1v) is 13.2. The van der Waals surface area contributed by atoms with Crippen LogP contribution in [0.15, 0.2) is 29.1 Å². The third kappa shape index (κ3) is 5.83. The molecule has 6 nitrogen and oxygen atoms in total. The summed E-state index contributed by atoms with van der Waals surface area (Å²) in [7, 11) is 3.82. The lowest BCUT2D eigenvalue weighted by Gasteiger charge is -2.25. The van der Waals surface area contributed by atoms with Crippen LogP contribution in [0, 0.1) is 5.82 Å². The number of benzene rings is 1.